The summed E-state index contributed by atoms with van der Waals surface area (Å²) in [4.78, 5) is 11.5. The average molecular weight is 219 g/mol. The first-order valence-corrected chi connectivity index (χ1v) is 5.09. The number of aryl methyl sites for hydroxylation is 1. The van der Waals surface area contributed by atoms with E-state index in [1.807, 2.05) is 0 Å². The van der Waals surface area contributed by atoms with Crippen LogP contribution in [-0.4, -0.2) is 12.5 Å². The van der Waals surface area contributed by atoms with Crippen LogP contribution in [0.1, 0.15) is 29.3 Å². The molecule has 0 spiro atoms. The molecule has 0 aromatic heterocycles. The summed E-state index contributed by atoms with van der Waals surface area (Å²) in [6, 6.07) is 4.45. The van der Waals surface area contributed by atoms with Gasteiger partial charge in [0.15, 0.2) is 0 Å². The molecule has 0 aliphatic carbocycles. The van der Waals surface area contributed by atoms with E-state index in [0.717, 1.165) is 0 Å². The van der Waals surface area contributed by atoms with Gasteiger partial charge in [0, 0.05) is 18.5 Å². The maximum Gasteiger partial charge on any atom is 0.251 e. The number of nitrogens with one attached hydrogen (secondary N) is 1. The lowest BCUT2D eigenvalue weighted by Crippen LogP contribution is -2.24. The number of carbonyl (C=O) groups excluding carboxylic acids is 1. The van der Waals surface area contributed by atoms with Gasteiger partial charge in [-0.3, -0.25) is 4.79 Å². The van der Waals surface area contributed by atoms with Crippen molar-refractivity contribution in [1.82, 2.24) is 5.32 Å². The lowest BCUT2D eigenvalue weighted by atomic mass is 10.1. The molecule has 1 rings (SSSR count). The third-order valence-corrected chi connectivity index (χ3v) is 2.15. The van der Waals surface area contributed by atoms with Crippen molar-refractivity contribution in [3.63, 3.8) is 0 Å². The zero-order valence-corrected chi connectivity index (χ0v) is 9.43. The summed E-state index contributed by atoms with van der Waals surface area (Å²) >= 11 is 0. The number of rotatable bonds is 3. The van der Waals surface area contributed by atoms with Gasteiger partial charge in [0.25, 0.3) is 5.91 Å². The second kappa shape index (κ2) is 5.92. The summed E-state index contributed by atoms with van der Waals surface area (Å²) in [7, 11) is 0. The van der Waals surface area contributed by atoms with E-state index in [2.05, 4.69) is 17.2 Å². The predicted molar refractivity (Wildman–Crippen MR) is 61.5 cm³/mol. The maximum atomic E-state index is 13.2. The van der Waals surface area contributed by atoms with Crippen molar-refractivity contribution >= 4 is 5.91 Å². The molecular formula is C13H14FNO. The van der Waals surface area contributed by atoms with E-state index < -0.39 is 0 Å². The normalized spacial score (nSPS) is 9.19. The van der Waals surface area contributed by atoms with Crippen molar-refractivity contribution in [2.75, 3.05) is 6.54 Å². The minimum atomic E-state index is -0.360. The van der Waals surface area contributed by atoms with Gasteiger partial charge in [0.2, 0.25) is 0 Å². The minimum absolute atomic E-state index is 0.267. The van der Waals surface area contributed by atoms with E-state index in [9.17, 15) is 9.18 Å². The van der Waals surface area contributed by atoms with Crippen molar-refractivity contribution in [2.24, 2.45) is 0 Å². The lowest BCUT2D eigenvalue weighted by molar-refractivity contribution is 0.0954. The van der Waals surface area contributed by atoms with Crippen LogP contribution in [0.15, 0.2) is 18.2 Å². The number of hydrogen-bond donors (Lipinski definition) is 1. The SMILES string of the molecule is CC#CCCNC(=O)c1ccc(C)c(F)c1. The summed E-state index contributed by atoms with van der Waals surface area (Å²) < 4.78 is 13.2. The molecule has 84 valence electrons. The molecule has 0 atom stereocenters. The lowest BCUT2D eigenvalue weighted by Gasteiger charge is -2.04. The Balaban J connectivity index is 2.58. The fourth-order valence-electron chi connectivity index (χ4n) is 1.20. The molecule has 16 heavy (non-hydrogen) atoms. The average Bonchev–Trinajstić information content (AvgIpc) is 2.28. The van der Waals surface area contributed by atoms with E-state index in [0.29, 0.717) is 24.1 Å². The summed E-state index contributed by atoms with van der Waals surface area (Å²) in [6.07, 6.45) is 0.608. The van der Waals surface area contributed by atoms with Gasteiger partial charge in [0.05, 0.1) is 0 Å². The largest absolute Gasteiger partial charge is 0.351 e. The zero-order chi connectivity index (χ0) is 12.0. The molecular weight excluding hydrogens is 205 g/mol. The number of amides is 1. The standard InChI is InChI=1S/C13H14FNO/c1-3-4-5-8-15-13(16)11-7-6-10(2)12(14)9-11/h6-7,9H,5,8H2,1-2H3,(H,15,16). The highest BCUT2D eigenvalue weighted by atomic mass is 19.1. The van der Waals surface area contributed by atoms with Crippen molar-refractivity contribution in [3.05, 3.63) is 35.1 Å². The Labute approximate surface area is 94.9 Å². The van der Waals surface area contributed by atoms with Crippen LogP contribution in [-0.2, 0) is 0 Å². The quantitative estimate of drug-likeness (QED) is 0.613. The molecule has 0 saturated carbocycles. The Bertz CT molecular complexity index is 443. The molecule has 0 unspecified atom stereocenters. The third-order valence-electron chi connectivity index (χ3n) is 2.15. The Hall–Kier alpha value is -1.82. The van der Waals surface area contributed by atoms with Crippen LogP contribution in [0.4, 0.5) is 4.39 Å². The van der Waals surface area contributed by atoms with Gasteiger partial charge in [-0.05, 0) is 31.5 Å². The predicted octanol–water partition coefficient (Wildman–Crippen LogP) is 2.28. The Morgan fingerprint density at radius 1 is 1.50 bits per heavy atom. The van der Waals surface area contributed by atoms with Gasteiger partial charge < -0.3 is 5.32 Å². The van der Waals surface area contributed by atoms with Crippen LogP contribution in [0.25, 0.3) is 0 Å². The van der Waals surface area contributed by atoms with E-state index in [1.54, 1.807) is 26.0 Å². The first kappa shape index (κ1) is 12.3. The summed E-state index contributed by atoms with van der Waals surface area (Å²) in [6.45, 7) is 3.89. The van der Waals surface area contributed by atoms with Crippen LogP contribution in [0, 0.1) is 24.6 Å². The molecule has 0 radical (unpaired) electrons. The second-order valence-electron chi connectivity index (χ2n) is 3.40. The summed E-state index contributed by atoms with van der Waals surface area (Å²) in [5, 5.41) is 2.67. The van der Waals surface area contributed by atoms with Crippen molar-refractivity contribution in [2.45, 2.75) is 20.3 Å². The molecule has 0 heterocycles. The molecule has 3 heteroatoms. The molecule has 0 aliphatic heterocycles. The molecule has 1 aromatic carbocycles. The van der Waals surface area contributed by atoms with Crippen LogP contribution < -0.4 is 5.32 Å². The van der Waals surface area contributed by atoms with Gasteiger partial charge in [-0.15, -0.1) is 11.8 Å². The van der Waals surface area contributed by atoms with Crippen molar-refractivity contribution < 1.29 is 9.18 Å². The number of carbonyl (C=O) groups is 1. The van der Waals surface area contributed by atoms with E-state index in [4.69, 9.17) is 0 Å². The van der Waals surface area contributed by atoms with Gasteiger partial charge >= 0.3 is 0 Å². The van der Waals surface area contributed by atoms with Crippen LogP contribution in [0.3, 0.4) is 0 Å². The van der Waals surface area contributed by atoms with Crippen molar-refractivity contribution in [3.8, 4) is 11.8 Å². The zero-order valence-electron chi connectivity index (χ0n) is 9.43. The third kappa shape index (κ3) is 3.39. The van der Waals surface area contributed by atoms with Crippen LogP contribution >= 0.6 is 0 Å². The molecule has 0 bridgehead atoms. The number of halogens is 1. The monoisotopic (exact) mass is 219 g/mol. The van der Waals surface area contributed by atoms with Crippen LogP contribution in [0.5, 0.6) is 0 Å². The smallest absolute Gasteiger partial charge is 0.251 e. The number of hydrogen-bond acceptors (Lipinski definition) is 1. The van der Waals surface area contributed by atoms with Gasteiger partial charge in [-0.2, -0.15) is 0 Å². The first-order valence-electron chi connectivity index (χ1n) is 5.09. The Morgan fingerprint density at radius 3 is 2.88 bits per heavy atom. The first-order chi connectivity index (χ1) is 7.65. The topological polar surface area (TPSA) is 29.1 Å². The fraction of sp³-hybridized carbons (Fsp3) is 0.308. The fourth-order valence-corrected chi connectivity index (χ4v) is 1.20. The van der Waals surface area contributed by atoms with Gasteiger partial charge in [-0.25, -0.2) is 4.39 Å². The Kier molecular flexibility index (Phi) is 4.53. The molecule has 0 saturated heterocycles. The van der Waals surface area contributed by atoms with Gasteiger partial charge in [-0.1, -0.05) is 6.07 Å². The van der Waals surface area contributed by atoms with E-state index >= 15 is 0 Å². The van der Waals surface area contributed by atoms with Gasteiger partial charge in [0.1, 0.15) is 5.82 Å². The maximum absolute atomic E-state index is 13.2. The molecule has 1 amide bonds. The molecule has 0 aliphatic rings. The molecule has 2 nitrogen and oxygen atoms in total. The molecule has 1 N–H and O–H groups in total. The number of benzene rings is 1. The molecule has 0 fully saturated rings. The highest BCUT2D eigenvalue weighted by Gasteiger charge is 2.06. The Morgan fingerprint density at radius 2 is 2.25 bits per heavy atom. The van der Waals surface area contributed by atoms with Crippen LogP contribution in [0.2, 0.25) is 0 Å². The molecule has 1 aromatic rings. The summed E-state index contributed by atoms with van der Waals surface area (Å²) in [5.41, 5.74) is 0.876. The van der Waals surface area contributed by atoms with Crippen molar-refractivity contribution in [1.29, 1.82) is 0 Å². The van der Waals surface area contributed by atoms with E-state index in [1.165, 1.54) is 6.07 Å². The highest BCUT2D eigenvalue weighted by molar-refractivity contribution is 5.94. The summed E-state index contributed by atoms with van der Waals surface area (Å²) in [5.74, 6) is 4.95. The second-order valence-corrected chi connectivity index (χ2v) is 3.40. The minimum Gasteiger partial charge on any atom is -0.351 e. The van der Waals surface area contributed by atoms with E-state index in [-0.39, 0.29) is 11.7 Å². The highest BCUT2D eigenvalue weighted by Crippen LogP contribution is 2.08.